The summed E-state index contributed by atoms with van der Waals surface area (Å²) < 4.78 is 5.34. The Kier molecular flexibility index (Phi) is 4.97. The Labute approximate surface area is 143 Å². The normalized spacial score (nSPS) is 15.9. The number of rotatable bonds is 4. The van der Waals surface area contributed by atoms with Gasteiger partial charge >= 0.3 is 0 Å². The van der Waals surface area contributed by atoms with Gasteiger partial charge in [-0.05, 0) is 37.8 Å². The van der Waals surface area contributed by atoms with Crippen LogP contribution in [-0.2, 0) is 6.42 Å². The van der Waals surface area contributed by atoms with Crippen LogP contribution in [0.1, 0.15) is 60.2 Å². The average molecular weight is 327 g/mol. The van der Waals surface area contributed by atoms with Crippen molar-refractivity contribution in [3.63, 3.8) is 0 Å². The third-order valence-electron chi connectivity index (χ3n) is 4.66. The summed E-state index contributed by atoms with van der Waals surface area (Å²) in [7, 11) is 0. The highest BCUT2D eigenvalue weighted by molar-refractivity contribution is 5.94. The molecule has 0 N–H and O–H groups in total. The van der Waals surface area contributed by atoms with E-state index in [0.29, 0.717) is 5.92 Å². The summed E-state index contributed by atoms with van der Waals surface area (Å²) in [5, 5.41) is 4.02. The lowest BCUT2D eigenvalue weighted by atomic mass is 9.93. The molecule has 1 aromatic carbocycles. The van der Waals surface area contributed by atoms with E-state index in [4.69, 9.17) is 4.52 Å². The summed E-state index contributed by atoms with van der Waals surface area (Å²) in [6.45, 7) is 7.74. The second-order valence-corrected chi connectivity index (χ2v) is 7.01. The minimum atomic E-state index is 0.133. The minimum absolute atomic E-state index is 0.133. The first-order chi connectivity index (χ1) is 11.5. The largest absolute Gasteiger partial charge is 0.339 e. The maximum atomic E-state index is 12.5. The number of carbonyl (C=O) groups excluding carboxylic acids is 1. The fourth-order valence-electron chi connectivity index (χ4n) is 3.05. The summed E-state index contributed by atoms with van der Waals surface area (Å²) in [4.78, 5) is 18.9. The van der Waals surface area contributed by atoms with Gasteiger partial charge in [0.15, 0.2) is 5.82 Å². The van der Waals surface area contributed by atoms with Crippen LogP contribution >= 0.6 is 0 Å². The highest BCUT2D eigenvalue weighted by Gasteiger charge is 2.25. The average Bonchev–Trinajstić information content (AvgIpc) is 3.04. The first-order valence-corrected chi connectivity index (χ1v) is 8.71. The molecule has 1 amide bonds. The zero-order valence-electron chi connectivity index (χ0n) is 14.7. The van der Waals surface area contributed by atoms with Crippen molar-refractivity contribution < 1.29 is 9.32 Å². The van der Waals surface area contributed by atoms with Gasteiger partial charge in [0.05, 0.1) is 0 Å². The molecule has 2 heterocycles. The number of benzene rings is 1. The van der Waals surface area contributed by atoms with Crippen molar-refractivity contribution in [3.05, 3.63) is 47.1 Å². The first-order valence-electron chi connectivity index (χ1n) is 8.71. The summed E-state index contributed by atoms with van der Waals surface area (Å²) in [5.74, 6) is 2.43. The van der Waals surface area contributed by atoms with Crippen molar-refractivity contribution in [2.45, 2.75) is 46.0 Å². The molecule has 1 aliphatic rings. The van der Waals surface area contributed by atoms with Gasteiger partial charge in [0, 0.05) is 31.0 Å². The Morgan fingerprint density at radius 1 is 1.25 bits per heavy atom. The minimum Gasteiger partial charge on any atom is -0.339 e. The fourth-order valence-corrected chi connectivity index (χ4v) is 3.05. The number of hydrogen-bond acceptors (Lipinski definition) is 4. The van der Waals surface area contributed by atoms with Crippen LogP contribution in [-0.4, -0.2) is 34.0 Å². The second-order valence-electron chi connectivity index (χ2n) is 7.01. The van der Waals surface area contributed by atoms with E-state index in [0.717, 1.165) is 49.6 Å². The van der Waals surface area contributed by atoms with Gasteiger partial charge in [-0.2, -0.15) is 4.98 Å². The van der Waals surface area contributed by atoms with E-state index < -0.39 is 0 Å². The van der Waals surface area contributed by atoms with Crippen LogP contribution in [0.5, 0.6) is 0 Å². The Hall–Kier alpha value is -2.17. The smallest absolute Gasteiger partial charge is 0.253 e. The maximum Gasteiger partial charge on any atom is 0.253 e. The van der Waals surface area contributed by atoms with Gasteiger partial charge in [0.2, 0.25) is 5.89 Å². The number of carbonyl (C=O) groups is 1. The number of piperidine rings is 1. The van der Waals surface area contributed by atoms with Crippen LogP contribution in [0.2, 0.25) is 0 Å². The zero-order valence-corrected chi connectivity index (χ0v) is 14.7. The molecule has 5 heteroatoms. The Balaban J connectivity index is 1.53. The van der Waals surface area contributed by atoms with Crippen molar-refractivity contribution in [2.24, 2.45) is 5.92 Å². The Morgan fingerprint density at radius 3 is 2.50 bits per heavy atom. The van der Waals surface area contributed by atoms with Crippen LogP contribution in [0, 0.1) is 12.8 Å². The predicted molar refractivity (Wildman–Crippen MR) is 91.9 cm³/mol. The molecular formula is C19H25N3O2. The summed E-state index contributed by atoms with van der Waals surface area (Å²) >= 11 is 0. The number of nitrogens with zero attached hydrogens (tertiary/aromatic N) is 3. The molecule has 5 nitrogen and oxygen atoms in total. The van der Waals surface area contributed by atoms with Gasteiger partial charge in [-0.15, -0.1) is 0 Å². The predicted octanol–water partition coefficient (Wildman–Crippen LogP) is 3.60. The SMILES string of the molecule is Cc1ccc(C(=O)N2CCC(Cc3nc(C(C)C)no3)CC2)cc1. The van der Waals surface area contributed by atoms with Crippen molar-refractivity contribution in [1.29, 1.82) is 0 Å². The molecule has 0 atom stereocenters. The number of likely N-dealkylation sites (tertiary alicyclic amines) is 1. The van der Waals surface area contributed by atoms with Gasteiger partial charge in [-0.25, -0.2) is 0 Å². The lowest BCUT2D eigenvalue weighted by Gasteiger charge is -2.31. The monoisotopic (exact) mass is 327 g/mol. The van der Waals surface area contributed by atoms with Gasteiger partial charge in [0.25, 0.3) is 5.91 Å². The number of aromatic nitrogens is 2. The molecule has 0 unspecified atom stereocenters. The number of hydrogen-bond donors (Lipinski definition) is 0. The van der Waals surface area contributed by atoms with Crippen LogP contribution in [0.25, 0.3) is 0 Å². The maximum absolute atomic E-state index is 12.5. The molecule has 1 saturated heterocycles. The van der Waals surface area contributed by atoms with Gasteiger partial charge in [-0.3, -0.25) is 4.79 Å². The molecule has 0 bridgehead atoms. The number of aryl methyl sites for hydroxylation is 1. The third kappa shape index (κ3) is 3.83. The topological polar surface area (TPSA) is 59.2 Å². The van der Waals surface area contributed by atoms with E-state index >= 15 is 0 Å². The molecular weight excluding hydrogens is 302 g/mol. The molecule has 0 spiro atoms. The van der Waals surface area contributed by atoms with E-state index in [2.05, 4.69) is 24.0 Å². The van der Waals surface area contributed by atoms with Crippen LogP contribution in [0.3, 0.4) is 0 Å². The lowest BCUT2D eigenvalue weighted by molar-refractivity contribution is 0.0687. The van der Waals surface area contributed by atoms with E-state index in [1.807, 2.05) is 36.1 Å². The molecule has 1 aromatic heterocycles. The molecule has 0 saturated carbocycles. The van der Waals surface area contributed by atoms with Gasteiger partial charge in [-0.1, -0.05) is 36.7 Å². The molecule has 3 rings (SSSR count). The van der Waals surface area contributed by atoms with E-state index in [1.54, 1.807) is 0 Å². The molecule has 1 aliphatic heterocycles. The summed E-state index contributed by atoms with van der Waals surface area (Å²) in [6.07, 6.45) is 2.78. The van der Waals surface area contributed by atoms with Gasteiger partial charge in [0.1, 0.15) is 0 Å². The molecule has 128 valence electrons. The molecule has 2 aromatic rings. The standard InChI is InChI=1S/C19H25N3O2/c1-13(2)18-20-17(24-21-18)12-15-8-10-22(11-9-15)19(23)16-6-4-14(3)5-7-16/h4-7,13,15H,8-12H2,1-3H3. The van der Waals surface area contributed by atoms with Crippen LogP contribution in [0.15, 0.2) is 28.8 Å². The Morgan fingerprint density at radius 2 is 1.92 bits per heavy atom. The van der Waals surface area contributed by atoms with Crippen molar-refractivity contribution in [3.8, 4) is 0 Å². The first kappa shape index (κ1) is 16.7. The van der Waals surface area contributed by atoms with Crippen molar-refractivity contribution in [2.75, 3.05) is 13.1 Å². The fraction of sp³-hybridized carbons (Fsp3) is 0.526. The Bertz CT molecular complexity index is 683. The quantitative estimate of drug-likeness (QED) is 0.861. The van der Waals surface area contributed by atoms with E-state index in [-0.39, 0.29) is 11.8 Å². The zero-order chi connectivity index (χ0) is 17.1. The summed E-state index contributed by atoms with van der Waals surface area (Å²) in [5.41, 5.74) is 1.95. The molecule has 1 fully saturated rings. The second kappa shape index (κ2) is 7.16. The van der Waals surface area contributed by atoms with Gasteiger partial charge < -0.3 is 9.42 Å². The third-order valence-corrected chi connectivity index (χ3v) is 4.66. The molecule has 0 radical (unpaired) electrons. The summed E-state index contributed by atoms with van der Waals surface area (Å²) in [6, 6.07) is 7.80. The van der Waals surface area contributed by atoms with Crippen LogP contribution in [0.4, 0.5) is 0 Å². The highest BCUT2D eigenvalue weighted by atomic mass is 16.5. The molecule has 0 aliphatic carbocycles. The highest BCUT2D eigenvalue weighted by Crippen LogP contribution is 2.23. The van der Waals surface area contributed by atoms with E-state index in [1.165, 1.54) is 5.56 Å². The number of amides is 1. The van der Waals surface area contributed by atoms with E-state index in [9.17, 15) is 4.79 Å². The molecule has 24 heavy (non-hydrogen) atoms. The lowest BCUT2D eigenvalue weighted by Crippen LogP contribution is -2.38. The van der Waals surface area contributed by atoms with Crippen molar-refractivity contribution >= 4 is 5.91 Å². The van der Waals surface area contributed by atoms with Crippen molar-refractivity contribution in [1.82, 2.24) is 15.0 Å². The van der Waals surface area contributed by atoms with Crippen LogP contribution < -0.4 is 0 Å².